The topological polar surface area (TPSA) is 56.0 Å². The van der Waals surface area contributed by atoms with E-state index in [2.05, 4.69) is 4.98 Å². The number of nitrogens with zero attached hydrogens (tertiary/aromatic N) is 1. The molecule has 0 saturated heterocycles. The average molecular weight is 150 g/mol. The van der Waals surface area contributed by atoms with Crippen molar-refractivity contribution >= 4 is 11.6 Å². The van der Waals surface area contributed by atoms with Crippen LogP contribution < -0.4 is 5.73 Å². The molecule has 1 aromatic heterocycles. The Morgan fingerprint density at radius 3 is 2.64 bits per heavy atom. The second kappa shape index (κ2) is 2.70. The number of aromatic nitrogens is 1. The van der Waals surface area contributed by atoms with E-state index in [1.165, 1.54) is 6.92 Å². The molecule has 0 amide bonds. The molecule has 0 atom stereocenters. The van der Waals surface area contributed by atoms with Crippen molar-refractivity contribution in [1.29, 1.82) is 0 Å². The molecule has 2 N–H and O–H groups in total. The van der Waals surface area contributed by atoms with Gasteiger partial charge in [0.25, 0.3) is 0 Å². The Morgan fingerprint density at radius 2 is 2.18 bits per heavy atom. The van der Waals surface area contributed by atoms with Crippen LogP contribution in [0.1, 0.15) is 23.0 Å². The number of Topliss-reactive ketones (excluding diaryl/α,β-unsaturated/α-hetero) is 1. The molecule has 0 aromatic carbocycles. The van der Waals surface area contributed by atoms with E-state index in [-0.39, 0.29) is 5.78 Å². The van der Waals surface area contributed by atoms with Gasteiger partial charge in [0, 0.05) is 11.3 Å². The summed E-state index contributed by atoms with van der Waals surface area (Å²) in [6.07, 6.45) is 0. The number of hydrogen-bond acceptors (Lipinski definition) is 3. The fraction of sp³-hybridized carbons (Fsp3) is 0.250. The number of hydrogen-bond donors (Lipinski definition) is 1. The number of ketones is 1. The highest BCUT2D eigenvalue weighted by Crippen LogP contribution is 2.06. The number of nitrogens with two attached hydrogens (primary N) is 1. The Hall–Kier alpha value is -1.38. The molecule has 0 spiro atoms. The lowest BCUT2D eigenvalue weighted by atomic mass is 10.1. The van der Waals surface area contributed by atoms with Crippen LogP contribution in [0.5, 0.6) is 0 Å². The second-order valence-electron chi connectivity index (χ2n) is 2.48. The Kier molecular flexibility index (Phi) is 1.89. The van der Waals surface area contributed by atoms with E-state index >= 15 is 0 Å². The highest BCUT2D eigenvalue weighted by Gasteiger charge is 2.00. The molecule has 0 aliphatic heterocycles. The van der Waals surface area contributed by atoms with Crippen LogP contribution in [0.2, 0.25) is 0 Å². The van der Waals surface area contributed by atoms with Gasteiger partial charge in [-0.05, 0) is 26.0 Å². The third-order valence-electron chi connectivity index (χ3n) is 1.38. The Balaban J connectivity index is 3.19. The maximum absolute atomic E-state index is 10.9. The molecule has 0 bridgehead atoms. The van der Waals surface area contributed by atoms with Crippen LogP contribution in [-0.2, 0) is 0 Å². The van der Waals surface area contributed by atoms with Crippen molar-refractivity contribution in [2.45, 2.75) is 13.8 Å². The third-order valence-corrected chi connectivity index (χ3v) is 1.38. The summed E-state index contributed by atoms with van der Waals surface area (Å²) in [5.74, 6) is 0.414. The Labute approximate surface area is 65.2 Å². The van der Waals surface area contributed by atoms with E-state index in [9.17, 15) is 4.79 Å². The van der Waals surface area contributed by atoms with Gasteiger partial charge in [0.1, 0.15) is 5.82 Å². The lowest BCUT2D eigenvalue weighted by Crippen LogP contribution is -1.98. The first-order valence-corrected chi connectivity index (χ1v) is 3.34. The van der Waals surface area contributed by atoms with Crippen LogP contribution in [0.4, 0.5) is 5.82 Å². The molecule has 0 fully saturated rings. The molecule has 11 heavy (non-hydrogen) atoms. The minimum Gasteiger partial charge on any atom is -0.384 e. The number of rotatable bonds is 1. The van der Waals surface area contributed by atoms with E-state index in [4.69, 9.17) is 5.73 Å². The van der Waals surface area contributed by atoms with E-state index in [0.29, 0.717) is 11.4 Å². The van der Waals surface area contributed by atoms with Crippen molar-refractivity contribution in [3.05, 3.63) is 23.4 Å². The fourth-order valence-corrected chi connectivity index (χ4v) is 0.897. The summed E-state index contributed by atoms with van der Waals surface area (Å²) in [4.78, 5) is 14.8. The highest BCUT2D eigenvalue weighted by molar-refractivity contribution is 5.94. The molecule has 1 heterocycles. The van der Waals surface area contributed by atoms with Crippen LogP contribution >= 0.6 is 0 Å². The van der Waals surface area contributed by atoms with Crippen molar-refractivity contribution in [2.75, 3.05) is 5.73 Å². The summed E-state index contributed by atoms with van der Waals surface area (Å²) in [5, 5.41) is 0. The molecule has 58 valence electrons. The van der Waals surface area contributed by atoms with Gasteiger partial charge in [-0.25, -0.2) is 4.98 Å². The summed E-state index contributed by atoms with van der Waals surface area (Å²) < 4.78 is 0. The van der Waals surface area contributed by atoms with Gasteiger partial charge in [-0.3, -0.25) is 4.79 Å². The molecule has 1 rings (SSSR count). The summed E-state index contributed by atoms with van der Waals surface area (Å²) in [5.41, 5.74) is 6.83. The zero-order valence-corrected chi connectivity index (χ0v) is 6.59. The first-order valence-electron chi connectivity index (χ1n) is 3.34. The maximum Gasteiger partial charge on any atom is 0.160 e. The van der Waals surface area contributed by atoms with Gasteiger partial charge in [-0.1, -0.05) is 0 Å². The number of aryl methyl sites for hydroxylation is 1. The minimum absolute atomic E-state index is 0.0159. The fourth-order valence-electron chi connectivity index (χ4n) is 0.897. The number of anilines is 1. The van der Waals surface area contributed by atoms with Gasteiger partial charge < -0.3 is 5.73 Å². The predicted octanol–water partition coefficient (Wildman–Crippen LogP) is 1.17. The molecule has 3 heteroatoms. The van der Waals surface area contributed by atoms with Crippen molar-refractivity contribution in [3.8, 4) is 0 Å². The maximum atomic E-state index is 10.9. The predicted molar refractivity (Wildman–Crippen MR) is 43.4 cm³/mol. The smallest absolute Gasteiger partial charge is 0.160 e. The second-order valence-corrected chi connectivity index (χ2v) is 2.48. The summed E-state index contributed by atoms with van der Waals surface area (Å²) in [6, 6.07) is 3.30. The zero-order valence-electron chi connectivity index (χ0n) is 6.59. The van der Waals surface area contributed by atoms with Crippen LogP contribution in [0.15, 0.2) is 12.1 Å². The molecule has 0 aliphatic rings. The van der Waals surface area contributed by atoms with Crippen molar-refractivity contribution in [3.63, 3.8) is 0 Å². The van der Waals surface area contributed by atoms with E-state index in [1.807, 2.05) is 6.92 Å². The van der Waals surface area contributed by atoms with Gasteiger partial charge >= 0.3 is 0 Å². The van der Waals surface area contributed by atoms with Crippen LogP contribution in [-0.4, -0.2) is 10.8 Å². The minimum atomic E-state index is 0.0159. The Morgan fingerprint density at radius 1 is 1.55 bits per heavy atom. The lowest BCUT2D eigenvalue weighted by molar-refractivity contribution is 0.101. The average Bonchev–Trinajstić information content (AvgIpc) is 1.85. The van der Waals surface area contributed by atoms with Crippen LogP contribution in [0, 0.1) is 6.92 Å². The molecular formula is C8H10N2O. The van der Waals surface area contributed by atoms with Gasteiger partial charge in [-0.15, -0.1) is 0 Å². The first-order chi connectivity index (χ1) is 5.09. The van der Waals surface area contributed by atoms with Crippen molar-refractivity contribution in [2.24, 2.45) is 0 Å². The van der Waals surface area contributed by atoms with E-state index in [1.54, 1.807) is 12.1 Å². The number of pyridine rings is 1. The van der Waals surface area contributed by atoms with Gasteiger partial charge in [0.15, 0.2) is 5.78 Å². The quantitative estimate of drug-likeness (QED) is 0.611. The monoisotopic (exact) mass is 150 g/mol. The normalized spacial score (nSPS) is 9.64. The van der Waals surface area contributed by atoms with Gasteiger partial charge in [-0.2, -0.15) is 0 Å². The standard InChI is InChI=1S/C8H10N2O/c1-5-3-7(6(2)11)4-8(9)10-5/h3-4H,1-2H3,(H2,9,10). The summed E-state index contributed by atoms with van der Waals surface area (Å²) in [7, 11) is 0. The molecule has 1 aromatic rings. The highest BCUT2D eigenvalue weighted by atomic mass is 16.1. The molecule has 3 nitrogen and oxygen atoms in total. The molecule has 0 saturated carbocycles. The van der Waals surface area contributed by atoms with Crippen LogP contribution in [0.3, 0.4) is 0 Å². The molecular weight excluding hydrogens is 140 g/mol. The van der Waals surface area contributed by atoms with E-state index in [0.717, 1.165) is 5.69 Å². The van der Waals surface area contributed by atoms with Gasteiger partial charge in [0.05, 0.1) is 0 Å². The lowest BCUT2D eigenvalue weighted by Gasteiger charge is -1.98. The third kappa shape index (κ3) is 1.77. The zero-order chi connectivity index (χ0) is 8.43. The number of carbonyl (C=O) groups is 1. The SMILES string of the molecule is CC(=O)c1cc(C)nc(N)c1. The number of nitrogen functional groups attached to an aromatic ring is 1. The van der Waals surface area contributed by atoms with Gasteiger partial charge in [0.2, 0.25) is 0 Å². The number of carbonyl (C=O) groups excluding carboxylic acids is 1. The molecule has 0 aliphatic carbocycles. The van der Waals surface area contributed by atoms with Crippen molar-refractivity contribution in [1.82, 2.24) is 4.98 Å². The van der Waals surface area contributed by atoms with E-state index < -0.39 is 0 Å². The van der Waals surface area contributed by atoms with Crippen LogP contribution in [0.25, 0.3) is 0 Å². The Bertz CT molecular complexity index is 274. The summed E-state index contributed by atoms with van der Waals surface area (Å²) in [6.45, 7) is 3.32. The summed E-state index contributed by atoms with van der Waals surface area (Å²) >= 11 is 0. The van der Waals surface area contributed by atoms with Crippen molar-refractivity contribution < 1.29 is 4.79 Å². The molecule has 0 unspecified atom stereocenters. The largest absolute Gasteiger partial charge is 0.384 e. The first kappa shape index (κ1) is 7.72. The molecule has 0 radical (unpaired) electrons.